The second-order valence-electron chi connectivity index (χ2n) is 4.62. The number of halogens is 1. The molecule has 3 nitrogen and oxygen atoms in total. The van der Waals surface area contributed by atoms with E-state index in [2.05, 4.69) is 5.32 Å². The van der Waals surface area contributed by atoms with E-state index in [1.165, 1.54) is 6.26 Å². The Morgan fingerprint density at radius 2 is 1.65 bits per heavy atom. The Balaban J connectivity index is 2.48. The van der Waals surface area contributed by atoms with Crippen LogP contribution in [0.3, 0.4) is 0 Å². The highest BCUT2D eigenvalue weighted by atomic mass is 35.5. The molecule has 0 radical (unpaired) electrons. The van der Waals surface area contributed by atoms with E-state index >= 15 is 0 Å². The van der Waals surface area contributed by atoms with Crippen LogP contribution in [0.15, 0.2) is 53.4 Å². The van der Waals surface area contributed by atoms with Crippen molar-refractivity contribution in [1.29, 1.82) is 0 Å². The summed E-state index contributed by atoms with van der Waals surface area (Å²) in [5, 5.41) is 3.84. The van der Waals surface area contributed by atoms with E-state index in [9.17, 15) is 8.42 Å². The van der Waals surface area contributed by atoms with Gasteiger partial charge in [-0.15, -0.1) is 0 Å². The molecule has 0 bridgehead atoms. The Bertz CT molecular complexity index is 713. The first-order chi connectivity index (χ1) is 9.41. The first kappa shape index (κ1) is 15.0. The summed E-state index contributed by atoms with van der Waals surface area (Å²) in [6.45, 7) is 0. The molecule has 106 valence electrons. The van der Waals surface area contributed by atoms with Crippen molar-refractivity contribution in [3.05, 3.63) is 64.7 Å². The topological polar surface area (TPSA) is 46.2 Å². The van der Waals surface area contributed by atoms with Gasteiger partial charge in [-0.1, -0.05) is 35.9 Å². The normalized spacial score (nSPS) is 13.2. The zero-order chi connectivity index (χ0) is 14.8. The Hall–Kier alpha value is -1.36. The molecule has 0 aliphatic rings. The largest absolute Gasteiger partial charge is 0.309 e. The van der Waals surface area contributed by atoms with Crippen LogP contribution in [-0.2, 0) is 9.84 Å². The van der Waals surface area contributed by atoms with Gasteiger partial charge in [0.15, 0.2) is 9.84 Å². The lowest BCUT2D eigenvalue weighted by Gasteiger charge is -2.18. The average Bonchev–Trinajstić information content (AvgIpc) is 2.39. The van der Waals surface area contributed by atoms with Crippen molar-refractivity contribution in [1.82, 2.24) is 5.32 Å². The van der Waals surface area contributed by atoms with Gasteiger partial charge in [-0.3, -0.25) is 0 Å². The standard InChI is InChI=1S/C15H16ClNO2S/c1-17-15(11-5-3-7-13(16)9-11)12-6-4-8-14(10-12)20(2,18)19/h3-10,15,17H,1-2H3. The first-order valence-electron chi connectivity index (χ1n) is 6.14. The van der Waals surface area contributed by atoms with Gasteiger partial charge in [-0.25, -0.2) is 8.42 Å². The van der Waals surface area contributed by atoms with Crippen LogP contribution in [0.4, 0.5) is 0 Å². The Kier molecular flexibility index (Phi) is 4.48. The molecule has 0 spiro atoms. The summed E-state index contributed by atoms with van der Waals surface area (Å²) in [7, 11) is -1.38. The number of nitrogens with one attached hydrogen (secondary N) is 1. The molecule has 1 N–H and O–H groups in total. The molecule has 0 amide bonds. The lowest BCUT2D eigenvalue weighted by atomic mass is 9.99. The third-order valence-electron chi connectivity index (χ3n) is 3.09. The highest BCUT2D eigenvalue weighted by Crippen LogP contribution is 2.25. The van der Waals surface area contributed by atoms with E-state index in [1.54, 1.807) is 18.2 Å². The quantitative estimate of drug-likeness (QED) is 0.944. The number of hydrogen-bond acceptors (Lipinski definition) is 3. The molecule has 2 rings (SSSR count). The van der Waals surface area contributed by atoms with Crippen molar-refractivity contribution < 1.29 is 8.42 Å². The van der Waals surface area contributed by atoms with Crippen molar-refractivity contribution in [3.63, 3.8) is 0 Å². The summed E-state index contributed by atoms with van der Waals surface area (Å²) >= 11 is 6.01. The van der Waals surface area contributed by atoms with Crippen molar-refractivity contribution in [3.8, 4) is 0 Å². The number of rotatable bonds is 4. The van der Waals surface area contributed by atoms with Gasteiger partial charge in [-0.05, 0) is 42.4 Å². The Labute approximate surface area is 124 Å². The smallest absolute Gasteiger partial charge is 0.175 e. The maximum absolute atomic E-state index is 11.6. The third kappa shape index (κ3) is 3.39. The van der Waals surface area contributed by atoms with E-state index in [0.717, 1.165) is 11.1 Å². The second-order valence-corrected chi connectivity index (χ2v) is 7.07. The van der Waals surface area contributed by atoms with Gasteiger partial charge in [0, 0.05) is 11.3 Å². The summed E-state index contributed by atoms with van der Waals surface area (Å²) in [6, 6.07) is 14.4. The average molecular weight is 310 g/mol. The maximum Gasteiger partial charge on any atom is 0.175 e. The van der Waals surface area contributed by atoms with Crippen LogP contribution in [-0.4, -0.2) is 21.7 Å². The van der Waals surface area contributed by atoms with E-state index in [1.807, 2.05) is 37.4 Å². The molecule has 0 saturated heterocycles. The summed E-state index contributed by atoms with van der Waals surface area (Å²) in [4.78, 5) is 0.317. The highest BCUT2D eigenvalue weighted by molar-refractivity contribution is 7.90. The molecule has 20 heavy (non-hydrogen) atoms. The van der Waals surface area contributed by atoms with Crippen molar-refractivity contribution in [2.75, 3.05) is 13.3 Å². The zero-order valence-corrected chi connectivity index (χ0v) is 12.9. The molecular weight excluding hydrogens is 294 g/mol. The van der Waals surface area contributed by atoms with Crippen LogP contribution >= 0.6 is 11.6 Å². The third-order valence-corrected chi connectivity index (χ3v) is 4.44. The van der Waals surface area contributed by atoms with E-state index in [0.29, 0.717) is 9.92 Å². The summed E-state index contributed by atoms with van der Waals surface area (Å²) in [5.41, 5.74) is 1.88. The summed E-state index contributed by atoms with van der Waals surface area (Å²) in [6.07, 6.45) is 1.21. The molecule has 1 atom stereocenters. The van der Waals surface area contributed by atoms with Gasteiger partial charge in [0.25, 0.3) is 0 Å². The lowest BCUT2D eigenvalue weighted by Crippen LogP contribution is -2.18. The van der Waals surface area contributed by atoms with Gasteiger partial charge < -0.3 is 5.32 Å². The predicted molar refractivity (Wildman–Crippen MR) is 81.9 cm³/mol. The fourth-order valence-electron chi connectivity index (χ4n) is 2.14. The summed E-state index contributed by atoms with van der Waals surface area (Å²) in [5.74, 6) is 0. The van der Waals surface area contributed by atoms with E-state index in [4.69, 9.17) is 11.6 Å². The van der Waals surface area contributed by atoms with E-state index in [-0.39, 0.29) is 6.04 Å². The summed E-state index contributed by atoms with van der Waals surface area (Å²) < 4.78 is 23.3. The first-order valence-corrected chi connectivity index (χ1v) is 8.41. The van der Waals surface area contributed by atoms with Gasteiger partial charge in [0.2, 0.25) is 0 Å². The molecule has 0 aromatic heterocycles. The molecule has 0 aliphatic carbocycles. The maximum atomic E-state index is 11.6. The number of sulfone groups is 1. The molecule has 0 fully saturated rings. The van der Waals surface area contributed by atoms with Crippen LogP contribution < -0.4 is 5.32 Å². The molecule has 0 aliphatic heterocycles. The van der Waals surface area contributed by atoms with Crippen LogP contribution in [0.25, 0.3) is 0 Å². The van der Waals surface area contributed by atoms with Crippen molar-refractivity contribution in [2.45, 2.75) is 10.9 Å². The van der Waals surface area contributed by atoms with Gasteiger partial charge in [0.1, 0.15) is 0 Å². The minimum Gasteiger partial charge on any atom is -0.309 e. The highest BCUT2D eigenvalue weighted by Gasteiger charge is 2.15. The molecule has 2 aromatic carbocycles. The lowest BCUT2D eigenvalue weighted by molar-refractivity contribution is 0.601. The SMILES string of the molecule is CNC(c1cccc(Cl)c1)c1cccc(S(C)(=O)=O)c1. The fourth-order valence-corrected chi connectivity index (χ4v) is 3.01. The van der Waals surface area contributed by atoms with E-state index < -0.39 is 9.84 Å². The van der Waals surface area contributed by atoms with Crippen LogP contribution in [0.1, 0.15) is 17.2 Å². The minimum atomic E-state index is -3.21. The van der Waals surface area contributed by atoms with Crippen LogP contribution in [0.5, 0.6) is 0 Å². The van der Waals surface area contributed by atoms with Crippen LogP contribution in [0.2, 0.25) is 5.02 Å². The molecule has 1 unspecified atom stereocenters. The van der Waals surface area contributed by atoms with Gasteiger partial charge in [0.05, 0.1) is 10.9 Å². The van der Waals surface area contributed by atoms with Crippen LogP contribution in [0, 0.1) is 0 Å². The fraction of sp³-hybridized carbons (Fsp3) is 0.200. The Morgan fingerprint density at radius 1 is 1.05 bits per heavy atom. The van der Waals surface area contributed by atoms with Gasteiger partial charge in [-0.2, -0.15) is 0 Å². The Morgan fingerprint density at radius 3 is 2.20 bits per heavy atom. The zero-order valence-electron chi connectivity index (χ0n) is 11.3. The van der Waals surface area contributed by atoms with Gasteiger partial charge >= 0.3 is 0 Å². The van der Waals surface area contributed by atoms with Crippen molar-refractivity contribution in [2.24, 2.45) is 0 Å². The molecule has 2 aromatic rings. The molecular formula is C15H16ClNO2S. The second kappa shape index (κ2) is 5.95. The monoisotopic (exact) mass is 309 g/mol. The molecule has 5 heteroatoms. The number of hydrogen-bond donors (Lipinski definition) is 1. The number of benzene rings is 2. The minimum absolute atomic E-state index is 0.101. The molecule has 0 saturated carbocycles. The predicted octanol–water partition coefficient (Wildman–Crippen LogP) is 3.05. The van der Waals surface area contributed by atoms with Crippen molar-refractivity contribution >= 4 is 21.4 Å². The molecule has 0 heterocycles.